The van der Waals surface area contributed by atoms with Crippen LogP contribution in [0.2, 0.25) is 0 Å². The fraction of sp³-hybridized carbons (Fsp3) is 0.194. The molecule has 8 aromatic rings. The van der Waals surface area contributed by atoms with Gasteiger partial charge in [-0.15, -0.1) is 0 Å². The molecule has 0 radical (unpaired) electrons. The van der Waals surface area contributed by atoms with Crippen LogP contribution in [-0.2, 0) is 21.7 Å². The Bertz CT molecular complexity index is 3260. The number of para-hydroxylation sites is 4. The topological polar surface area (TPSA) is 15.7 Å². The molecular formula is C62H54N2O. The Labute approximate surface area is 384 Å². The lowest BCUT2D eigenvalue weighted by molar-refractivity contribution is 0.416. The maximum Gasteiger partial charge on any atom is 0.131 e. The van der Waals surface area contributed by atoms with Gasteiger partial charge in [0, 0.05) is 55.4 Å². The van der Waals surface area contributed by atoms with Gasteiger partial charge in [0.2, 0.25) is 0 Å². The maximum atomic E-state index is 6.81. The third-order valence-electron chi connectivity index (χ3n) is 15.5. The highest BCUT2D eigenvalue weighted by atomic mass is 16.5. The molecule has 3 nitrogen and oxygen atoms in total. The summed E-state index contributed by atoms with van der Waals surface area (Å²) in [6, 6.07) is 62.7. The van der Waals surface area contributed by atoms with Gasteiger partial charge in [0.1, 0.15) is 11.5 Å². The number of anilines is 6. The monoisotopic (exact) mass is 842 g/mol. The molecule has 65 heavy (non-hydrogen) atoms. The zero-order chi connectivity index (χ0) is 44.6. The van der Waals surface area contributed by atoms with Gasteiger partial charge in [-0.3, -0.25) is 0 Å². The molecule has 0 fully saturated rings. The molecule has 8 aromatic carbocycles. The summed E-state index contributed by atoms with van der Waals surface area (Å²) < 4.78 is 6.81. The van der Waals surface area contributed by atoms with E-state index in [1.807, 2.05) is 0 Å². The van der Waals surface area contributed by atoms with Crippen LogP contribution in [0.15, 0.2) is 170 Å². The second-order valence-corrected chi connectivity index (χ2v) is 20.6. The molecule has 0 amide bonds. The average Bonchev–Trinajstić information content (AvgIpc) is 3.49. The molecule has 0 aromatic heterocycles. The molecule has 2 heterocycles. The van der Waals surface area contributed by atoms with Gasteiger partial charge in [-0.2, -0.15) is 0 Å². The minimum absolute atomic E-state index is 0.212. The van der Waals surface area contributed by atoms with Crippen molar-refractivity contribution in [2.45, 2.75) is 77.0 Å². The van der Waals surface area contributed by atoms with Gasteiger partial charge in [0.25, 0.3) is 0 Å². The van der Waals surface area contributed by atoms with Crippen molar-refractivity contribution in [3.8, 4) is 22.6 Å². The molecule has 2 aliphatic carbocycles. The number of hydrogen-bond acceptors (Lipinski definition) is 3. The highest BCUT2D eigenvalue weighted by Gasteiger charge is 2.46. The van der Waals surface area contributed by atoms with E-state index in [4.69, 9.17) is 4.74 Å². The molecule has 0 N–H and O–H groups in total. The molecule has 3 heteroatoms. The van der Waals surface area contributed by atoms with E-state index in [9.17, 15) is 0 Å². The Morgan fingerprint density at radius 3 is 1.69 bits per heavy atom. The van der Waals surface area contributed by atoms with Gasteiger partial charge in [-0.05, 0) is 123 Å². The fourth-order valence-corrected chi connectivity index (χ4v) is 12.0. The van der Waals surface area contributed by atoms with E-state index < -0.39 is 5.41 Å². The standard InChI is InChI=1S/C62H54N2O/c1-59(2)46-27-17-19-29-52(46)64(53-34-32-42(36-50(53)59)63(40-21-11-9-12-22-40)41-23-13-10-14-24-41)54-37-49-44(58-57(54)43-25-15-16-26-45(43)62(58,7)8)33-31-39-35-51-56(38-48(39)61(49,5)6)65-55-30-20-18-28-47(55)60(51,3)4/h9-38H,1-8H3. The lowest BCUT2D eigenvalue weighted by Gasteiger charge is -2.44. The summed E-state index contributed by atoms with van der Waals surface area (Å²) in [5, 5.41) is 0. The van der Waals surface area contributed by atoms with Crippen LogP contribution in [0.4, 0.5) is 34.1 Å². The van der Waals surface area contributed by atoms with E-state index in [-0.39, 0.29) is 16.2 Å². The van der Waals surface area contributed by atoms with E-state index in [0.29, 0.717) is 0 Å². The Kier molecular flexibility index (Phi) is 8.33. The molecule has 0 saturated heterocycles. The minimum Gasteiger partial charge on any atom is -0.457 e. The highest BCUT2D eigenvalue weighted by Crippen LogP contribution is 2.62. The number of fused-ring (bicyclic) bond motifs is 10. The first-order valence-corrected chi connectivity index (χ1v) is 23.2. The number of nitrogens with zero attached hydrogens (tertiary/aromatic N) is 2. The fourth-order valence-electron chi connectivity index (χ4n) is 12.0. The predicted molar refractivity (Wildman–Crippen MR) is 272 cm³/mol. The van der Waals surface area contributed by atoms with Crippen molar-refractivity contribution in [1.82, 2.24) is 0 Å². The van der Waals surface area contributed by atoms with E-state index in [1.165, 1.54) is 83.8 Å². The Hall–Kier alpha value is -7.10. The van der Waals surface area contributed by atoms with Crippen molar-refractivity contribution in [1.29, 1.82) is 0 Å². The van der Waals surface area contributed by atoms with Crippen LogP contribution < -0.4 is 14.5 Å². The lowest BCUT2D eigenvalue weighted by Crippen LogP contribution is -2.32. The van der Waals surface area contributed by atoms with Crippen molar-refractivity contribution in [2.75, 3.05) is 9.80 Å². The first-order chi connectivity index (χ1) is 31.3. The van der Waals surface area contributed by atoms with Crippen molar-refractivity contribution in [3.05, 3.63) is 225 Å². The van der Waals surface area contributed by atoms with Gasteiger partial charge in [0.05, 0.1) is 17.1 Å². The summed E-state index contributed by atoms with van der Waals surface area (Å²) in [6.45, 7) is 19.2. The molecule has 12 rings (SSSR count). The van der Waals surface area contributed by atoms with Gasteiger partial charge in [-0.1, -0.05) is 165 Å². The van der Waals surface area contributed by atoms with Crippen molar-refractivity contribution in [2.24, 2.45) is 0 Å². The number of benzene rings is 8. The molecule has 0 spiro atoms. The molecule has 0 atom stereocenters. The summed E-state index contributed by atoms with van der Waals surface area (Å²) >= 11 is 0. The summed E-state index contributed by atoms with van der Waals surface area (Å²) in [7, 11) is 0. The smallest absolute Gasteiger partial charge is 0.131 e. The third kappa shape index (κ3) is 5.54. The molecule has 0 bridgehead atoms. The van der Waals surface area contributed by atoms with Gasteiger partial charge >= 0.3 is 0 Å². The SMILES string of the molecule is CC1(C)c2ccccc2Oc2cc3c(cc21)C=Cc1c(cc(N2c4ccccc4C(C)(C)c4cc(N(c5ccccc5)c5ccccc5)ccc42)c2c1C(C)(C)c1ccccc1-2)C3(C)C. The molecule has 0 saturated carbocycles. The molecule has 2 aliphatic heterocycles. The second kappa shape index (κ2) is 13.7. The first kappa shape index (κ1) is 39.5. The Morgan fingerprint density at radius 2 is 0.969 bits per heavy atom. The van der Waals surface area contributed by atoms with Crippen LogP contribution in [0, 0.1) is 0 Å². The van der Waals surface area contributed by atoms with E-state index in [0.717, 1.165) is 28.6 Å². The normalized spacial score (nSPS) is 16.8. The largest absolute Gasteiger partial charge is 0.457 e. The summed E-state index contributed by atoms with van der Waals surface area (Å²) in [5.41, 5.74) is 21.4. The summed E-state index contributed by atoms with van der Waals surface area (Å²) in [4.78, 5) is 4.99. The Morgan fingerprint density at radius 1 is 0.385 bits per heavy atom. The van der Waals surface area contributed by atoms with Gasteiger partial charge in [0.15, 0.2) is 0 Å². The molecule has 0 unspecified atom stereocenters. The van der Waals surface area contributed by atoms with E-state index >= 15 is 0 Å². The predicted octanol–water partition coefficient (Wildman–Crippen LogP) is 16.8. The van der Waals surface area contributed by atoms with E-state index in [1.54, 1.807) is 0 Å². The quantitative estimate of drug-likeness (QED) is 0.176. The number of hydrogen-bond donors (Lipinski definition) is 0. The van der Waals surface area contributed by atoms with Crippen LogP contribution in [0.1, 0.15) is 111 Å². The van der Waals surface area contributed by atoms with Gasteiger partial charge in [-0.25, -0.2) is 0 Å². The second-order valence-electron chi connectivity index (χ2n) is 20.6. The van der Waals surface area contributed by atoms with Crippen molar-refractivity contribution < 1.29 is 4.74 Å². The van der Waals surface area contributed by atoms with Crippen LogP contribution in [0.3, 0.4) is 0 Å². The molecule has 318 valence electrons. The van der Waals surface area contributed by atoms with Crippen LogP contribution in [0.5, 0.6) is 11.5 Å². The number of ether oxygens (including phenoxy) is 1. The summed E-state index contributed by atoms with van der Waals surface area (Å²) in [6.07, 6.45) is 4.82. The highest BCUT2D eigenvalue weighted by molar-refractivity contribution is 6.01. The number of rotatable bonds is 4. The van der Waals surface area contributed by atoms with Crippen LogP contribution in [0.25, 0.3) is 23.3 Å². The Balaban J connectivity index is 1.12. The van der Waals surface area contributed by atoms with Gasteiger partial charge < -0.3 is 14.5 Å². The zero-order valence-corrected chi connectivity index (χ0v) is 38.6. The van der Waals surface area contributed by atoms with E-state index in [2.05, 4.69) is 247 Å². The first-order valence-electron chi connectivity index (χ1n) is 23.2. The molecule has 4 aliphatic rings. The van der Waals surface area contributed by atoms with Crippen LogP contribution in [-0.4, -0.2) is 0 Å². The zero-order valence-electron chi connectivity index (χ0n) is 38.6. The van der Waals surface area contributed by atoms with Crippen molar-refractivity contribution in [3.63, 3.8) is 0 Å². The molecular weight excluding hydrogens is 789 g/mol. The third-order valence-corrected chi connectivity index (χ3v) is 15.5. The minimum atomic E-state index is -0.393. The van der Waals surface area contributed by atoms with Crippen molar-refractivity contribution >= 4 is 46.3 Å². The van der Waals surface area contributed by atoms with Crippen LogP contribution >= 0.6 is 0 Å². The lowest BCUT2D eigenvalue weighted by atomic mass is 9.69. The summed E-state index contributed by atoms with van der Waals surface area (Å²) in [5.74, 6) is 1.89. The average molecular weight is 843 g/mol. The maximum absolute atomic E-state index is 6.81.